The topological polar surface area (TPSA) is 64.6 Å². The highest BCUT2D eigenvalue weighted by Crippen LogP contribution is 2.33. The van der Waals surface area contributed by atoms with Gasteiger partial charge in [-0.2, -0.15) is 10.1 Å². The van der Waals surface area contributed by atoms with Gasteiger partial charge in [0.1, 0.15) is 0 Å². The summed E-state index contributed by atoms with van der Waals surface area (Å²) >= 11 is 1.45. The van der Waals surface area contributed by atoms with E-state index in [-0.39, 0.29) is 5.91 Å². The van der Waals surface area contributed by atoms with Gasteiger partial charge in [0.2, 0.25) is 0 Å². The molecule has 150 valence electrons. The molecule has 0 radical (unpaired) electrons. The maximum Gasteiger partial charge on any atom is 0.286 e. The summed E-state index contributed by atoms with van der Waals surface area (Å²) in [7, 11) is 0. The molecule has 5 rings (SSSR count). The van der Waals surface area contributed by atoms with E-state index in [1.54, 1.807) is 6.20 Å². The van der Waals surface area contributed by atoms with Gasteiger partial charge in [0, 0.05) is 43.0 Å². The molecule has 0 bridgehead atoms. The molecule has 30 heavy (non-hydrogen) atoms. The number of H-pyrrole nitrogens is 1. The summed E-state index contributed by atoms with van der Waals surface area (Å²) < 4.78 is 0. The Morgan fingerprint density at radius 2 is 1.57 bits per heavy atom. The van der Waals surface area contributed by atoms with E-state index in [1.165, 1.54) is 17.4 Å². The minimum absolute atomic E-state index is 0.180. The lowest BCUT2D eigenvalue weighted by Crippen LogP contribution is -2.47. The highest BCUT2D eigenvalue weighted by molar-refractivity contribution is 8.18. The Morgan fingerprint density at radius 1 is 0.900 bits per heavy atom. The molecule has 0 atom stereocenters. The number of aliphatic imine (C=N–C) groups is 1. The quantitative estimate of drug-likeness (QED) is 0.658. The van der Waals surface area contributed by atoms with E-state index in [9.17, 15) is 4.79 Å². The Labute approximate surface area is 179 Å². The van der Waals surface area contributed by atoms with Crippen LogP contribution in [-0.2, 0) is 4.79 Å². The summed E-state index contributed by atoms with van der Waals surface area (Å²) in [6, 6.07) is 20.4. The molecule has 3 heterocycles. The van der Waals surface area contributed by atoms with Crippen LogP contribution in [0.2, 0.25) is 0 Å². The van der Waals surface area contributed by atoms with Crippen molar-refractivity contribution in [3.05, 3.63) is 77.3 Å². The van der Waals surface area contributed by atoms with Crippen molar-refractivity contribution in [1.82, 2.24) is 15.1 Å². The minimum atomic E-state index is -0.180. The number of para-hydroxylation sites is 1. The molecule has 1 amide bonds. The van der Waals surface area contributed by atoms with E-state index in [0.717, 1.165) is 48.2 Å². The summed E-state index contributed by atoms with van der Waals surface area (Å²) in [6.07, 6.45) is 3.63. The number of amidine groups is 1. The number of hydrogen-bond donors (Lipinski definition) is 1. The van der Waals surface area contributed by atoms with Crippen molar-refractivity contribution in [3.8, 4) is 11.3 Å². The normalized spacial score (nSPS) is 18.2. The number of nitrogens with one attached hydrogen (secondary N) is 1. The molecule has 0 unspecified atom stereocenters. The molecule has 7 heteroatoms. The van der Waals surface area contributed by atoms with Gasteiger partial charge in [-0.15, -0.1) is 0 Å². The van der Waals surface area contributed by atoms with Crippen LogP contribution in [-0.4, -0.2) is 52.4 Å². The van der Waals surface area contributed by atoms with Crippen molar-refractivity contribution in [3.63, 3.8) is 0 Å². The fourth-order valence-electron chi connectivity index (χ4n) is 3.71. The Balaban J connectivity index is 1.28. The number of aromatic amines is 1. The van der Waals surface area contributed by atoms with Crippen LogP contribution in [0, 0.1) is 0 Å². The summed E-state index contributed by atoms with van der Waals surface area (Å²) in [5.74, 6) is -0.180. The Hall–Kier alpha value is -3.32. The first-order chi connectivity index (χ1) is 14.8. The second kappa shape index (κ2) is 8.20. The van der Waals surface area contributed by atoms with Gasteiger partial charge in [0.05, 0.1) is 16.8 Å². The molecule has 1 N–H and O–H groups in total. The molecule has 2 aliphatic rings. The second-order valence-corrected chi connectivity index (χ2v) is 8.20. The van der Waals surface area contributed by atoms with Gasteiger partial charge in [-0.25, -0.2) is 0 Å². The molecule has 0 aliphatic carbocycles. The van der Waals surface area contributed by atoms with Gasteiger partial charge in [0.25, 0.3) is 5.91 Å². The van der Waals surface area contributed by atoms with E-state index in [1.807, 2.05) is 42.5 Å². The number of amides is 1. The fourth-order valence-corrected chi connectivity index (χ4v) is 4.67. The molecule has 1 fully saturated rings. The highest BCUT2D eigenvalue weighted by atomic mass is 32.2. The van der Waals surface area contributed by atoms with E-state index >= 15 is 0 Å². The zero-order valence-electron chi connectivity index (χ0n) is 16.4. The van der Waals surface area contributed by atoms with Crippen molar-refractivity contribution < 1.29 is 4.79 Å². The Bertz CT molecular complexity index is 1100. The maximum absolute atomic E-state index is 12.5. The summed E-state index contributed by atoms with van der Waals surface area (Å²) in [4.78, 5) is 22.1. The number of anilines is 1. The van der Waals surface area contributed by atoms with E-state index in [0.29, 0.717) is 4.91 Å². The van der Waals surface area contributed by atoms with Crippen molar-refractivity contribution in [2.24, 2.45) is 4.99 Å². The van der Waals surface area contributed by atoms with Gasteiger partial charge in [-0.3, -0.25) is 9.89 Å². The van der Waals surface area contributed by atoms with Crippen LogP contribution in [0.5, 0.6) is 0 Å². The van der Waals surface area contributed by atoms with Crippen LogP contribution in [0.4, 0.5) is 5.69 Å². The average molecular weight is 416 g/mol. The standard InChI is InChI=1S/C23H21N5OS/c29-22-20(15-18-16-24-26-21(18)17-7-3-1-4-8-17)30-23(25-22)28-13-11-27(12-14-28)19-9-5-2-6-10-19/h1-10,15-16H,11-14H2,(H,24,26)/b20-15+. The van der Waals surface area contributed by atoms with Crippen molar-refractivity contribution in [2.75, 3.05) is 31.1 Å². The van der Waals surface area contributed by atoms with Crippen LogP contribution < -0.4 is 4.90 Å². The zero-order valence-corrected chi connectivity index (χ0v) is 17.2. The predicted molar refractivity (Wildman–Crippen MR) is 122 cm³/mol. The zero-order chi connectivity index (χ0) is 20.3. The Kier molecular flexibility index (Phi) is 5.11. The monoisotopic (exact) mass is 415 g/mol. The molecule has 1 saturated heterocycles. The van der Waals surface area contributed by atoms with Gasteiger partial charge in [-0.1, -0.05) is 48.5 Å². The number of aromatic nitrogens is 2. The van der Waals surface area contributed by atoms with E-state index < -0.39 is 0 Å². The van der Waals surface area contributed by atoms with E-state index in [4.69, 9.17) is 0 Å². The molecule has 0 spiro atoms. The van der Waals surface area contributed by atoms with Gasteiger partial charge < -0.3 is 9.80 Å². The highest BCUT2D eigenvalue weighted by Gasteiger charge is 2.28. The number of carbonyl (C=O) groups is 1. The van der Waals surface area contributed by atoms with Crippen LogP contribution >= 0.6 is 11.8 Å². The van der Waals surface area contributed by atoms with E-state index in [2.05, 4.69) is 49.3 Å². The third kappa shape index (κ3) is 3.76. The fraction of sp³-hybridized carbons (Fsp3) is 0.174. The smallest absolute Gasteiger partial charge is 0.286 e. The van der Waals surface area contributed by atoms with Crippen molar-refractivity contribution in [2.45, 2.75) is 0 Å². The molecule has 3 aromatic rings. The predicted octanol–water partition coefficient (Wildman–Crippen LogP) is 3.87. The summed E-state index contributed by atoms with van der Waals surface area (Å²) in [5.41, 5.74) is 4.07. The molecule has 2 aromatic carbocycles. The summed E-state index contributed by atoms with van der Waals surface area (Å²) in [5, 5.41) is 8.00. The van der Waals surface area contributed by atoms with Gasteiger partial charge >= 0.3 is 0 Å². The molecular formula is C23H21N5OS. The lowest BCUT2D eigenvalue weighted by molar-refractivity contribution is -0.113. The number of hydrogen-bond acceptors (Lipinski definition) is 5. The third-order valence-electron chi connectivity index (χ3n) is 5.30. The van der Waals surface area contributed by atoms with Gasteiger partial charge in [-0.05, 0) is 30.0 Å². The average Bonchev–Trinajstić information content (AvgIpc) is 3.42. The van der Waals surface area contributed by atoms with Crippen LogP contribution in [0.1, 0.15) is 5.56 Å². The first-order valence-corrected chi connectivity index (χ1v) is 10.8. The third-order valence-corrected chi connectivity index (χ3v) is 6.34. The molecule has 1 aromatic heterocycles. The molecule has 2 aliphatic heterocycles. The minimum Gasteiger partial charge on any atom is -0.368 e. The largest absolute Gasteiger partial charge is 0.368 e. The van der Waals surface area contributed by atoms with Crippen LogP contribution in [0.25, 0.3) is 17.3 Å². The van der Waals surface area contributed by atoms with Crippen LogP contribution in [0.3, 0.4) is 0 Å². The second-order valence-electron chi connectivity index (χ2n) is 7.19. The van der Waals surface area contributed by atoms with Crippen LogP contribution in [0.15, 0.2) is 76.8 Å². The number of rotatable bonds is 3. The lowest BCUT2D eigenvalue weighted by atomic mass is 10.1. The van der Waals surface area contributed by atoms with Crippen molar-refractivity contribution in [1.29, 1.82) is 0 Å². The number of nitrogens with zero attached hydrogens (tertiary/aromatic N) is 4. The number of benzene rings is 2. The Morgan fingerprint density at radius 3 is 2.30 bits per heavy atom. The SMILES string of the molecule is O=C1N=C(N2CCN(c3ccccc3)CC2)S/C1=C/c1cn[nH]c1-c1ccccc1. The number of piperazine rings is 1. The number of carbonyl (C=O) groups excluding carboxylic acids is 1. The molecule has 6 nitrogen and oxygen atoms in total. The first kappa shape index (κ1) is 18.7. The van der Waals surface area contributed by atoms with Crippen molar-refractivity contribution >= 4 is 34.6 Å². The maximum atomic E-state index is 12.5. The number of thioether (sulfide) groups is 1. The van der Waals surface area contributed by atoms with Gasteiger partial charge in [0.15, 0.2) is 5.17 Å². The molecule has 0 saturated carbocycles. The molecular weight excluding hydrogens is 394 g/mol. The lowest BCUT2D eigenvalue weighted by Gasteiger charge is -2.36. The first-order valence-electron chi connectivity index (χ1n) is 9.94. The summed E-state index contributed by atoms with van der Waals surface area (Å²) in [6.45, 7) is 3.53.